The van der Waals surface area contributed by atoms with Crippen LogP contribution in [0.5, 0.6) is 23.0 Å². The number of ether oxygens (including phenoxy) is 3. The second kappa shape index (κ2) is 10.0. The van der Waals surface area contributed by atoms with E-state index in [-0.39, 0.29) is 11.3 Å². The van der Waals surface area contributed by atoms with Gasteiger partial charge in [-0.05, 0) is 35.7 Å². The van der Waals surface area contributed by atoms with Crippen LogP contribution >= 0.6 is 0 Å². The zero-order valence-corrected chi connectivity index (χ0v) is 20.3. The van der Waals surface area contributed by atoms with E-state index >= 15 is 4.39 Å². The number of hydrogen-bond acceptors (Lipinski definition) is 7. The molecule has 1 N–H and O–H groups in total. The minimum atomic E-state index is -0.614. The van der Waals surface area contributed by atoms with Gasteiger partial charge in [0, 0.05) is 37.4 Å². The highest BCUT2D eigenvalue weighted by molar-refractivity contribution is 5.88. The lowest BCUT2D eigenvalue weighted by molar-refractivity contribution is 0.355. The summed E-state index contributed by atoms with van der Waals surface area (Å²) in [6.07, 6.45) is 3.02. The van der Waals surface area contributed by atoms with E-state index in [9.17, 15) is 4.79 Å². The Balaban J connectivity index is 1.65. The molecule has 0 saturated heterocycles. The van der Waals surface area contributed by atoms with Gasteiger partial charge in [0.1, 0.15) is 5.75 Å². The molecular weight excluding hydrogens is 451 g/mol. The van der Waals surface area contributed by atoms with Crippen LogP contribution in [0.15, 0.2) is 53.6 Å². The maximum Gasteiger partial charge on any atom is 0.262 e. The molecule has 0 unspecified atom stereocenters. The Hall–Kier alpha value is -4.14. The number of nitrogens with zero attached hydrogens (tertiary/aromatic N) is 3. The number of hydrogen-bond donors (Lipinski definition) is 1. The summed E-state index contributed by atoms with van der Waals surface area (Å²) in [6, 6.07) is 9.48. The third kappa shape index (κ3) is 4.89. The summed E-state index contributed by atoms with van der Waals surface area (Å²) in [6.45, 7) is 4.81. The lowest BCUT2D eigenvalue weighted by Gasteiger charge is -2.14. The van der Waals surface area contributed by atoms with Crippen LogP contribution in [-0.4, -0.2) is 35.3 Å². The largest absolute Gasteiger partial charge is 0.493 e. The summed E-state index contributed by atoms with van der Waals surface area (Å²) in [5.41, 5.74) is 1.03. The molecule has 0 atom stereocenters. The maximum atomic E-state index is 15.1. The second-order valence-electron chi connectivity index (χ2n) is 8.42. The number of methoxy groups -OCH3 is 2. The number of pyridine rings is 1. The van der Waals surface area contributed by atoms with Crippen LogP contribution in [0.3, 0.4) is 0 Å². The lowest BCUT2D eigenvalue weighted by atomic mass is 10.1. The molecule has 0 bridgehead atoms. The van der Waals surface area contributed by atoms with Gasteiger partial charge >= 0.3 is 0 Å². The molecular formula is C26H27FN4O4. The van der Waals surface area contributed by atoms with Gasteiger partial charge in [-0.15, -0.1) is 0 Å². The number of benzene rings is 2. The molecule has 182 valence electrons. The maximum absolute atomic E-state index is 15.1. The van der Waals surface area contributed by atoms with Crippen LogP contribution in [0.1, 0.15) is 13.8 Å². The molecule has 0 fully saturated rings. The smallest absolute Gasteiger partial charge is 0.262 e. The summed E-state index contributed by atoms with van der Waals surface area (Å²) < 4.78 is 33.1. The van der Waals surface area contributed by atoms with Crippen LogP contribution in [0.2, 0.25) is 0 Å². The van der Waals surface area contributed by atoms with Crippen molar-refractivity contribution in [2.75, 3.05) is 26.1 Å². The number of nitrogens with one attached hydrogen (secondary N) is 1. The van der Waals surface area contributed by atoms with E-state index in [1.54, 1.807) is 44.6 Å². The summed E-state index contributed by atoms with van der Waals surface area (Å²) in [5, 5.41) is 3.78. The molecule has 8 nitrogen and oxygen atoms in total. The van der Waals surface area contributed by atoms with Crippen LogP contribution in [-0.2, 0) is 7.05 Å². The first-order chi connectivity index (χ1) is 16.8. The Labute approximate surface area is 202 Å². The minimum absolute atomic E-state index is 0.0102. The fraction of sp³-hybridized carbons (Fsp3) is 0.269. The number of halogens is 1. The minimum Gasteiger partial charge on any atom is -0.493 e. The predicted octanol–water partition coefficient (Wildman–Crippen LogP) is 5.01. The van der Waals surface area contributed by atoms with Gasteiger partial charge in [-0.3, -0.25) is 14.3 Å². The Morgan fingerprint density at radius 3 is 2.43 bits per heavy atom. The first-order valence-electron chi connectivity index (χ1n) is 11.1. The highest BCUT2D eigenvalue weighted by atomic mass is 19.1. The van der Waals surface area contributed by atoms with Gasteiger partial charge in [0.05, 0.1) is 25.3 Å². The van der Waals surface area contributed by atoms with E-state index in [0.717, 1.165) is 0 Å². The average Bonchev–Trinajstić information content (AvgIpc) is 2.85. The van der Waals surface area contributed by atoms with Crippen LogP contribution < -0.4 is 25.1 Å². The van der Waals surface area contributed by atoms with Gasteiger partial charge in [-0.2, -0.15) is 0 Å². The standard InChI is InChI=1S/C26H27FN4O4/c1-15(2)13-29-26-30-14-18(25(32)31(26)3)16-6-7-22(19(27)10-16)35-21-8-9-28-20-12-24(34-5)23(33-4)11-17(20)21/h6-12,14-15H,13H2,1-5H3,(H,29,30). The number of anilines is 1. The third-order valence-corrected chi connectivity index (χ3v) is 5.51. The van der Waals surface area contributed by atoms with Crippen LogP contribution in [0, 0.1) is 11.7 Å². The molecule has 0 amide bonds. The van der Waals surface area contributed by atoms with Gasteiger partial charge < -0.3 is 19.5 Å². The highest BCUT2D eigenvalue weighted by Gasteiger charge is 2.15. The zero-order chi connectivity index (χ0) is 25.1. The summed E-state index contributed by atoms with van der Waals surface area (Å²) in [4.78, 5) is 21.6. The van der Waals surface area contributed by atoms with Crippen LogP contribution in [0.25, 0.3) is 22.0 Å². The molecule has 4 rings (SSSR count). The van der Waals surface area contributed by atoms with Crippen molar-refractivity contribution in [2.45, 2.75) is 13.8 Å². The Morgan fingerprint density at radius 1 is 1.00 bits per heavy atom. The van der Waals surface area contributed by atoms with Crippen molar-refractivity contribution in [1.29, 1.82) is 0 Å². The first-order valence-corrected chi connectivity index (χ1v) is 11.1. The Morgan fingerprint density at radius 2 is 1.74 bits per heavy atom. The summed E-state index contributed by atoms with van der Waals surface area (Å²) >= 11 is 0. The van der Waals surface area contributed by atoms with Gasteiger partial charge in [0.25, 0.3) is 5.56 Å². The monoisotopic (exact) mass is 478 g/mol. The number of fused-ring (bicyclic) bond motifs is 1. The second-order valence-corrected chi connectivity index (χ2v) is 8.42. The SMILES string of the molecule is COc1cc2nccc(Oc3ccc(-c4cnc(NCC(C)C)n(C)c4=O)cc3F)c2cc1OC. The van der Waals surface area contributed by atoms with Gasteiger partial charge in [0.2, 0.25) is 5.95 Å². The Bertz CT molecular complexity index is 1440. The molecule has 2 aromatic carbocycles. The molecule has 2 aromatic heterocycles. The van der Waals surface area contributed by atoms with Crippen molar-refractivity contribution in [3.63, 3.8) is 0 Å². The number of rotatable bonds is 8. The molecule has 0 aliphatic heterocycles. The van der Waals surface area contributed by atoms with E-state index in [4.69, 9.17) is 14.2 Å². The Kier molecular flexibility index (Phi) is 6.86. The topological polar surface area (TPSA) is 87.5 Å². The van der Waals surface area contributed by atoms with E-state index in [0.29, 0.717) is 57.7 Å². The fourth-order valence-corrected chi connectivity index (χ4v) is 3.61. The van der Waals surface area contributed by atoms with Crippen molar-refractivity contribution in [3.05, 3.63) is 65.0 Å². The molecule has 0 aliphatic carbocycles. The summed E-state index contributed by atoms with van der Waals surface area (Å²) in [5.74, 6) is 1.69. The number of aromatic nitrogens is 3. The van der Waals surface area contributed by atoms with E-state index in [2.05, 4.69) is 29.1 Å². The van der Waals surface area contributed by atoms with Crippen molar-refractivity contribution >= 4 is 16.9 Å². The van der Waals surface area contributed by atoms with Gasteiger partial charge in [-0.1, -0.05) is 19.9 Å². The molecule has 0 saturated carbocycles. The molecule has 9 heteroatoms. The van der Waals surface area contributed by atoms with Gasteiger partial charge in [0.15, 0.2) is 23.1 Å². The molecule has 0 spiro atoms. The van der Waals surface area contributed by atoms with Gasteiger partial charge in [-0.25, -0.2) is 9.37 Å². The van der Waals surface area contributed by atoms with E-state index in [1.165, 1.54) is 30.0 Å². The molecule has 0 radical (unpaired) electrons. The zero-order valence-electron chi connectivity index (χ0n) is 20.3. The van der Waals surface area contributed by atoms with E-state index < -0.39 is 5.82 Å². The lowest BCUT2D eigenvalue weighted by Crippen LogP contribution is -2.24. The normalized spacial score (nSPS) is 11.1. The molecule has 4 aromatic rings. The van der Waals surface area contributed by atoms with E-state index in [1.807, 2.05) is 0 Å². The quantitative estimate of drug-likeness (QED) is 0.381. The first kappa shape index (κ1) is 24.0. The van der Waals surface area contributed by atoms with Crippen molar-refractivity contribution in [3.8, 4) is 34.1 Å². The van der Waals surface area contributed by atoms with Crippen molar-refractivity contribution in [1.82, 2.24) is 14.5 Å². The highest BCUT2D eigenvalue weighted by Crippen LogP contribution is 2.37. The fourth-order valence-electron chi connectivity index (χ4n) is 3.61. The molecule has 35 heavy (non-hydrogen) atoms. The average molecular weight is 479 g/mol. The summed E-state index contributed by atoms with van der Waals surface area (Å²) in [7, 11) is 4.71. The van der Waals surface area contributed by atoms with Crippen molar-refractivity contribution in [2.24, 2.45) is 13.0 Å². The van der Waals surface area contributed by atoms with Crippen LogP contribution in [0.4, 0.5) is 10.3 Å². The molecule has 0 aliphatic rings. The van der Waals surface area contributed by atoms with Crippen molar-refractivity contribution < 1.29 is 18.6 Å². The molecule has 2 heterocycles. The third-order valence-electron chi connectivity index (χ3n) is 5.51. The predicted molar refractivity (Wildman–Crippen MR) is 133 cm³/mol.